The minimum Gasteiger partial charge on any atom is -0.497 e. The van der Waals surface area contributed by atoms with Crippen molar-refractivity contribution >= 4 is 29.9 Å². The summed E-state index contributed by atoms with van der Waals surface area (Å²) in [5.74, 6) is 2.32. The Kier molecular flexibility index (Phi) is 10.7. The highest BCUT2D eigenvalue weighted by molar-refractivity contribution is 14.0. The van der Waals surface area contributed by atoms with Gasteiger partial charge in [0.2, 0.25) is 0 Å². The first-order valence-electron chi connectivity index (χ1n) is 8.66. The number of rotatable bonds is 7. The van der Waals surface area contributed by atoms with Gasteiger partial charge < -0.3 is 29.7 Å². The normalized spacial score (nSPS) is 19.2. The quantitative estimate of drug-likeness (QED) is 0.353. The van der Waals surface area contributed by atoms with E-state index in [2.05, 4.69) is 27.6 Å². The van der Waals surface area contributed by atoms with E-state index in [-0.39, 0.29) is 36.2 Å². The molecule has 0 aliphatic carbocycles. The van der Waals surface area contributed by atoms with Gasteiger partial charge in [-0.15, -0.1) is 24.0 Å². The van der Waals surface area contributed by atoms with Crippen LogP contribution in [0.5, 0.6) is 11.5 Å². The number of hydrogen-bond donors (Lipinski definition) is 2. The molecule has 1 aliphatic heterocycles. The Hall–Kier alpha value is -1.26. The summed E-state index contributed by atoms with van der Waals surface area (Å²) in [5.41, 5.74) is 0. The van der Waals surface area contributed by atoms with Crippen LogP contribution in [0, 0.1) is 0 Å². The molecule has 26 heavy (non-hydrogen) atoms. The molecule has 148 valence electrons. The van der Waals surface area contributed by atoms with Crippen LogP contribution in [0.4, 0.5) is 0 Å². The Balaban J connectivity index is 0.00000338. The van der Waals surface area contributed by atoms with Crippen molar-refractivity contribution < 1.29 is 14.2 Å². The molecule has 0 aromatic heterocycles. The molecule has 1 saturated heterocycles. The Labute approximate surface area is 173 Å². The molecular weight excluding hydrogens is 447 g/mol. The summed E-state index contributed by atoms with van der Waals surface area (Å²) in [6, 6.07) is 7.60. The van der Waals surface area contributed by atoms with Gasteiger partial charge in [-0.3, -0.25) is 4.99 Å². The summed E-state index contributed by atoms with van der Waals surface area (Å²) in [5, 5.41) is 6.59. The standard InChI is InChI=1S/C18H30N4O3.HI/c1-14(25-16-7-5-6-15(10-16)23-4)11-20-18(19-2)21-12-17-13-22(3)8-9-24-17;/h5-7,10,14,17H,8-9,11-13H2,1-4H3,(H2,19,20,21);1H. The van der Waals surface area contributed by atoms with Gasteiger partial charge in [0.25, 0.3) is 0 Å². The second-order valence-corrected chi connectivity index (χ2v) is 6.20. The van der Waals surface area contributed by atoms with E-state index in [1.165, 1.54) is 0 Å². The van der Waals surface area contributed by atoms with Crippen molar-refractivity contribution in [1.29, 1.82) is 0 Å². The molecule has 8 heteroatoms. The fourth-order valence-electron chi connectivity index (χ4n) is 2.61. The minimum absolute atomic E-state index is 0. The third kappa shape index (κ3) is 7.96. The zero-order valence-electron chi connectivity index (χ0n) is 16.0. The largest absolute Gasteiger partial charge is 0.497 e. The van der Waals surface area contributed by atoms with E-state index >= 15 is 0 Å². The Morgan fingerprint density at radius 2 is 2.15 bits per heavy atom. The van der Waals surface area contributed by atoms with Crippen LogP contribution in [0.2, 0.25) is 0 Å². The smallest absolute Gasteiger partial charge is 0.191 e. The highest BCUT2D eigenvalue weighted by Crippen LogP contribution is 2.19. The molecule has 1 fully saturated rings. The zero-order chi connectivity index (χ0) is 18.1. The lowest BCUT2D eigenvalue weighted by Gasteiger charge is -2.30. The molecule has 1 aliphatic rings. The number of morpholine rings is 1. The number of ether oxygens (including phenoxy) is 3. The first kappa shape index (κ1) is 22.8. The Bertz CT molecular complexity index is 559. The third-order valence-corrected chi connectivity index (χ3v) is 4.00. The van der Waals surface area contributed by atoms with Crippen LogP contribution in [0.15, 0.2) is 29.3 Å². The van der Waals surface area contributed by atoms with Crippen molar-refractivity contribution in [3.63, 3.8) is 0 Å². The summed E-state index contributed by atoms with van der Waals surface area (Å²) in [4.78, 5) is 6.52. The fraction of sp³-hybridized carbons (Fsp3) is 0.611. The lowest BCUT2D eigenvalue weighted by atomic mass is 10.3. The molecule has 1 aromatic carbocycles. The highest BCUT2D eigenvalue weighted by atomic mass is 127. The fourth-order valence-corrected chi connectivity index (χ4v) is 2.61. The molecule has 2 rings (SSSR count). The lowest BCUT2D eigenvalue weighted by Crippen LogP contribution is -2.49. The van der Waals surface area contributed by atoms with E-state index < -0.39 is 0 Å². The van der Waals surface area contributed by atoms with E-state index in [1.807, 2.05) is 31.2 Å². The molecule has 2 N–H and O–H groups in total. The van der Waals surface area contributed by atoms with E-state index in [1.54, 1.807) is 14.2 Å². The van der Waals surface area contributed by atoms with Crippen molar-refractivity contribution in [3.8, 4) is 11.5 Å². The maximum atomic E-state index is 5.90. The van der Waals surface area contributed by atoms with Gasteiger partial charge in [0, 0.05) is 32.7 Å². The molecule has 2 unspecified atom stereocenters. The van der Waals surface area contributed by atoms with Crippen molar-refractivity contribution in [2.24, 2.45) is 4.99 Å². The maximum absolute atomic E-state index is 5.90. The van der Waals surface area contributed by atoms with Crippen LogP contribution < -0.4 is 20.1 Å². The Morgan fingerprint density at radius 1 is 1.38 bits per heavy atom. The first-order chi connectivity index (χ1) is 12.1. The van der Waals surface area contributed by atoms with Gasteiger partial charge in [0.15, 0.2) is 5.96 Å². The second-order valence-electron chi connectivity index (χ2n) is 6.20. The lowest BCUT2D eigenvalue weighted by molar-refractivity contribution is -0.0161. The van der Waals surface area contributed by atoms with Crippen LogP contribution in [0.25, 0.3) is 0 Å². The molecule has 0 radical (unpaired) electrons. The number of guanidine groups is 1. The van der Waals surface area contributed by atoms with Crippen molar-refractivity contribution in [2.45, 2.75) is 19.1 Å². The SMILES string of the molecule is CN=C(NCC(C)Oc1cccc(OC)c1)NCC1CN(C)CCO1.I. The number of nitrogens with zero attached hydrogens (tertiary/aromatic N) is 2. The van der Waals surface area contributed by atoms with E-state index in [0.717, 1.165) is 43.7 Å². The second kappa shape index (κ2) is 12.2. The third-order valence-electron chi connectivity index (χ3n) is 4.00. The molecule has 0 bridgehead atoms. The number of benzene rings is 1. The predicted octanol–water partition coefficient (Wildman–Crippen LogP) is 1.58. The number of hydrogen-bond acceptors (Lipinski definition) is 5. The van der Waals surface area contributed by atoms with E-state index in [9.17, 15) is 0 Å². The van der Waals surface area contributed by atoms with Crippen molar-refractivity contribution in [3.05, 3.63) is 24.3 Å². The molecule has 0 amide bonds. The van der Waals surface area contributed by atoms with E-state index in [4.69, 9.17) is 14.2 Å². The average Bonchev–Trinajstić information content (AvgIpc) is 2.62. The number of aliphatic imine (C=N–C) groups is 1. The van der Waals surface area contributed by atoms with E-state index in [0.29, 0.717) is 6.54 Å². The first-order valence-corrected chi connectivity index (χ1v) is 8.66. The number of halogens is 1. The molecule has 0 saturated carbocycles. The number of methoxy groups -OCH3 is 1. The number of likely N-dealkylation sites (N-methyl/N-ethyl adjacent to an activating group) is 1. The number of nitrogens with one attached hydrogen (secondary N) is 2. The van der Waals surface area contributed by atoms with Crippen LogP contribution in [0.1, 0.15) is 6.92 Å². The summed E-state index contributed by atoms with van der Waals surface area (Å²) in [6.45, 7) is 6.08. The predicted molar refractivity (Wildman–Crippen MR) is 115 cm³/mol. The molecule has 7 nitrogen and oxygen atoms in total. The summed E-state index contributed by atoms with van der Waals surface area (Å²) in [6.07, 6.45) is 0.172. The van der Waals surface area contributed by atoms with Gasteiger partial charge in [0.1, 0.15) is 17.6 Å². The molecular formula is C18H31IN4O3. The van der Waals surface area contributed by atoms with Gasteiger partial charge in [-0.1, -0.05) is 6.07 Å². The summed E-state index contributed by atoms with van der Waals surface area (Å²) < 4.78 is 16.9. The zero-order valence-corrected chi connectivity index (χ0v) is 18.4. The van der Waals surface area contributed by atoms with Crippen LogP contribution in [-0.2, 0) is 4.74 Å². The molecule has 0 spiro atoms. The van der Waals surface area contributed by atoms with Crippen LogP contribution >= 0.6 is 24.0 Å². The van der Waals surface area contributed by atoms with Crippen molar-refractivity contribution in [1.82, 2.24) is 15.5 Å². The van der Waals surface area contributed by atoms with Gasteiger partial charge in [-0.25, -0.2) is 0 Å². The summed E-state index contributed by atoms with van der Waals surface area (Å²) in [7, 11) is 5.52. The maximum Gasteiger partial charge on any atom is 0.191 e. The topological polar surface area (TPSA) is 67.4 Å². The molecule has 1 aromatic rings. The molecule has 1 heterocycles. The van der Waals surface area contributed by atoms with Gasteiger partial charge in [-0.05, 0) is 26.1 Å². The average molecular weight is 478 g/mol. The van der Waals surface area contributed by atoms with Gasteiger partial charge in [-0.2, -0.15) is 0 Å². The molecule has 2 atom stereocenters. The van der Waals surface area contributed by atoms with Crippen LogP contribution in [0.3, 0.4) is 0 Å². The minimum atomic E-state index is -0.0114. The van der Waals surface area contributed by atoms with Gasteiger partial charge in [0.05, 0.1) is 26.4 Å². The monoisotopic (exact) mass is 478 g/mol. The van der Waals surface area contributed by atoms with Crippen LogP contribution in [-0.4, -0.2) is 77.1 Å². The van der Waals surface area contributed by atoms with Crippen molar-refractivity contribution in [2.75, 3.05) is 54.0 Å². The van der Waals surface area contributed by atoms with Gasteiger partial charge >= 0.3 is 0 Å². The highest BCUT2D eigenvalue weighted by Gasteiger charge is 2.17. The Morgan fingerprint density at radius 3 is 2.85 bits per heavy atom. The summed E-state index contributed by atoms with van der Waals surface area (Å²) >= 11 is 0.